The molecule has 5 heterocycles. The Hall–Kier alpha value is -3.03. The van der Waals surface area contributed by atoms with Crippen LogP contribution in [0, 0.1) is 5.82 Å². The van der Waals surface area contributed by atoms with E-state index in [1.807, 2.05) is 6.07 Å². The van der Waals surface area contributed by atoms with Crippen molar-refractivity contribution < 1.29 is 13.9 Å². The maximum atomic E-state index is 14.0. The molecule has 0 radical (unpaired) electrons. The quantitative estimate of drug-likeness (QED) is 0.769. The molecule has 1 atom stereocenters. The average Bonchev–Trinajstić information content (AvgIpc) is 3.31. The molecule has 2 aromatic heterocycles. The third-order valence-electron chi connectivity index (χ3n) is 5.21. The van der Waals surface area contributed by atoms with Gasteiger partial charge in [-0.25, -0.2) is 9.37 Å². The van der Waals surface area contributed by atoms with Gasteiger partial charge in [-0.1, -0.05) is 0 Å². The Kier molecular flexibility index (Phi) is 3.77. The number of aliphatic imine (C=N–C) groups is 1. The lowest BCUT2D eigenvalue weighted by atomic mass is 10.0. The number of hydrogen-bond acceptors (Lipinski definition) is 6. The Morgan fingerprint density at radius 3 is 3.11 bits per heavy atom. The number of pyridine rings is 2. The molecular weight excluding hydrogens is 349 g/mol. The van der Waals surface area contributed by atoms with Gasteiger partial charge in [0.15, 0.2) is 0 Å². The van der Waals surface area contributed by atoms with E-state index in [-0.39, 0.29) is 24.4 Å². The van der Waals surface area contributed by atoms with E-state index in [1.54, 1.807) is 6.20 Å². The lowest BCUT2D eigenvalue weighted by molar-refractivity contribution is 0.0946. The van der Waals surface area contributed by atoms with Gasteiger partial charge in [-0.3, -0.25) is 14.8 Å². The molecule has 0 unspecified atom stereocenters. The maximum absolute atomic E-state index is 14.0. The van der Waals surface area contributed by atoms with Gasteiger partial charge in [0.1, 0.15) is 18.3 Å². The van der Waals surface area contributed by atoms with E-state index in [0.717, 1.165) is 48.2 Å². The number of carbonyl (C=O) groups is 1. The van der Waals surface area contributed by atoms with Gasteiger partial charge in [-0.05, 0) is 25.0 Å². The number of carbonyl (C=O) groups excluding carboxylic acids is 1. The number of amides is 1. The van der Waals surface area contributed by atoms with E-state index in [4.69, 9.17) is 4.74 Å². The first kappa shape index (κ1) is 16.2. The smallest absolute Gasteiger partial charge is 0.252 e. The second-order valence-corrected chi connectivity index (χ2v) is 6.86. The summed E-state index contributed by atoms with van der Waals surface area (Å²) in [6.45, 7) is 1.86. The summed E-state index contributed by atoms with van der Waals surface area (Å²) < 4.78 is 19.7. The van der Waals surface area contributed by atoms with Gasteiger partial charge in [-0.2, -0.15) is 0 Å². The molecule has 0 aromatic carbocycles. The Morgan fingerprint density at radius 2 is 2.19 bits per heavy atom. The Morgan fingerprint density at radius 1 is 1.26 bits per heavy atom. The van der Waals surface area contributed by atoms with Crippen LogP contribution in [0.2, 0.25) is 0 Å². The molecule has 8 heteroatoms. The highest BCUT2D eigenvalue weighted by Gasteiger charge is 2.35. The van der Waals surface area contributed by atoms with Gasteiger partial charge < -0.3 is 15.0 Å². The van der Waals surface area contributed by atoms with Crippen LogP contribution in [-0.2, 0) is 6.54 Å². The molecule has 1 N–H and O–H groups in total. The zero-order chi connectivity index (χ0) is 18.4. The predicted molar refractivity (Wildman–Crippen MR) is 95.2 cm³/mol. The second-order valence-electron chi connectivity index (χ2n) is 6.86. The van der Waals surface area contributed by atoms with Crippen LogP contribution in [0.25, 0.3) is 0 Å². The van der Waals surface area contributed by atoms with Crippen molar-refractivity contribution in [3.05, 3.63) is 52.7 Å². The first-order valence-corrected chi connectivity index (χ1v) is 9.07. The molecule has 3 aliphatic rings. The summed E-state index contributed by atoms with van der Waals surface area (Å²) in [7, 11) is 0. The minimum Gasteiger partial charge on any atom is -0.476 e. The van der Waals surface area contributed by atoms with Crippen molar-refractivity contribution in [2.75, 3.05) is 19.7 Å². The molecule has 1 saturated heterocycles. The van der Waals surface area contributed by atoms with Crippen LogP contribution in [-0.4, -0.2) is 46.3 Å². The minimum atomic E-state index is -0.389. The molecule has 0 aliphatic carbocycles. The van der Waals surface area contributed by atoms with Gasteiger partial charge in [0.25, 0.3) is 5.91 Å². The number of aromatic nitrogens is 2. The zero-order valence-corrected chi connectivity index (χ0v) is 14.6. The lowest BCUT2D eigenvalue weighted by Crippen LogP contribution is -2.31. The number of nitrogens with one attached hydrogen (secondary N) is 1. The normalized spacial score (nSPS) is 21.1. The largest absolute Gasteiger partial charge is 0.476 e. The Labute approximate surface area is 155 Å². The van der Waals surface area contributed by atoms with E-state index >= 15 is 0 Å². The van der Waals surface area contributed by atoms with Crippen molar-refractivity contribution in [3.8, 4) is 5.88 Å². The Bertz CT molecular complexity index is 961. The molecular formula is C19H18FN5O2. The predicted octanol–water partition coefficient (Wildman–Crippen LogP) is 1.84. The van der Waals surface area contributed by atoms with Gasteiger partial charge in [-0.15, -0.1) is 0 Å². The molecule has 1 amide bonds. The van der Waals surface area contributed by atoms with Crippen molar-refractivity contribution in [2.24, 2.45) is 4.99 Å². The van der Waals surface area contributed by atoms with Crippen molar-refractivity contribution in [3.63, 3.8) is 0 Å². The van der Waals surface area contributed by atoms with Gasteiger partial charge in [0, 0.05) is 23.9 Å². The summed E-state index contributed by atoms with van der Waals surface area (Å²) in [4.78, 5) is 27.8. The summed E-state index contributed by atoms with van der Waals surface area (Å²) in [5.74, 6) is 0.624. The van der Waals surface area contributed by atoms with Crippen LogP contribution in [0.4, 0.5) is 4.39 Å². The number of fused-ring (bicyclic) bond motifs is 5. The minimum absolute atomic E-state index is 0.0685. The number of hydrogen-bond donors (Lipinski definition) is 1. The highest BCUT2D eigenvalue weighted by atomic mass is 19.1. The summed E-state index contributed by atoms with van der Waals surface area (Å²) >= 11 is 0. The first-order valence-electron chi connectivity index (χ1n) is 9.07. The molecule has 2 aromatic rings. The van der Waals surface area contributed by atoms with Crippen molar-refractivity contribution in [2.45, 2.75) is 25.4 Å². The SMILES string of the molecule is O=C1NCCOc2ncc(F)cc2[C@H]2CCCN2C2=NCc3ncc1cc32. The fraction of sp³-hybridized carbons (Fsp3) is 0.368. The fourth-order valence-electron chi connectivity index (χ4n) is 3.98. The summed E-state index contributed by atoms with van der Waals surface area (Å²) in [5, 5.41) is 2.82. The molecule has 2 bridgehead atoms. The number of halogens is 1. The van der Waals surface area contributed by atoms with Crippen LogP contribution in [0.5, 0.6) is 5.88 Å². The third-order valence-corrected chi connectivity index (χ3v) is 5.21. The van der Waals surface area contributed by atoms with E-state index in [1.165, 1.54) is 6.07 Å². The number of nitrogens with zero attached hydrogens (tertiary/aromatic N) is 4. The molecule has 3 aliphatic heterocycles. The molecule has 5 rings (SSSR count). The van der Waals surface area contributed by atoms with Crippen molar-refractivity contribution >= 4 is 11.7 Å². The highest BCUT2D eigenvalue weighted by molar-refractivity contribution is 6.04. The van der Waals surface area contributed by atoms with Crippen molar-refractivity contribution in [1.29, 1.82) is 0 Å². The maximum Gasteiger partial charge on any atom is 0.252 e. The molecule has 138 valence electrons. The average molecular weight is 367 g/mol. The topological polar surface area (TPSA) is 79.7 Å². The van der Waals surface area contributed by atoms with E-state index < -0.39 is 0 Å². The van der Waals surface area contributed by atoms with Gasteiger partial charge in [0.05, 0.1) is 36.6 Å². The molecule has 0 saturated carbocycles. The fourth-order valence-corrected chi connectivity index (χ4v) is 3.98. The standard InChI is InChI=1S/C19H18FN5O2/c20-12-7-14-16-2-1-4-25(16)17-13-6-11(8-22-15(13)10-23-17)18(26)21-3-5-27-19(14)24-9-12/h6-9,16H,1-5,10H2,(H,21,26)/t16-/m1/s1. The van der Waals surface area contributed by atoms with Crippen molar-refractivity contribution in [1.82, 2.24) is 20.2 Å². The van der Waals surface area contributed by atoms with Crippen LogP contribution in [0.1, 0.15) is 46.1 Å². The van der Waals surface area contributed by atoms with E-state index in [2.05, 4.69) is 25.2 Å². The number of amidine groups is 1. The molecule has 1 fully saturated rings. The number of ether oxygens (including phenoxy) is 1. The summed E-state index contributed by atoms with van der Waals surface area (Å²) in [6, 6.07) is 3.28. The van der Waals surface area contributed by atoms with Crippen LogP contribution < -0.4 is 10.1 Å². The van der Waals surface area contributed by atoms with E-state index in [9.17, 15) is 9.18 Å². The van der Waals surface area contributed by atoms with Crippen LogP contribution in [0.3, 0.4) is 0 Å². The Balaban J connectivity index is 1.64. The molecule has 0 spiro atoms. The molecule has 7 nitrogen and oxygen atoms in total. The summed E-state index contributed by atoms with van der Waals surface area (Å²) in [6.07, 6.45) is 4.57. The highest BCUT2D eigenvalue weighted by Crippen LogP contribution is 2.39. The van der Waals surface area contributed by atoms with Gasteiger partial charge in [0.2, 0.25) is 5.88 Å². The summed E-state index contributed by atoms with van der Waals surface area (Å²) in [5.41, 5.74) is 2.95. The first-order chi connectivity index (χ1) is 13.2. The van der Waals surface area contributed by atoms with Crippen LogP contribution in [0.15, 0.2) is 29.5 Å². The molecule has 27 heavy (non-hydrogen) atoms. The second kappa shape index (κ2) is 6.29. The van der Waals surface area contributed by atoms with E-state index in [0.29, 0.717) is 24.5 Å². The number of rotatable bonds is 0. The van der Waals surface area contributed by atoms with Gasteiger partial charge >= 0.3 is 0 Å². The van der Waals surface area contributed by atoms with Crippen LogP contribution >= 0.6 is 0 Å². The monoisotopic (exact) mass is 367 g/mol. The third kappa shape index (κ3) is 2.72. The zero-order valence-electron chi connectivity index (χ0n) is 14.6. The lowest BCUT2D eigenvalue weighted by Gasteiger charge is -2.28.